The van der Waals surface area contributed by atoms with E-state index in [1.807, 2.05) is 45.0 Å². The van der Waals surface area contributed by atoms with Crippen molar-refractivity contribution in [3.05, 3.63) is 64.7 Å². The minimum Gasteiger partial charge on any atom is -0.454 e. The van der Waals surface area contributed by atoms with Crippen LogP contribution in [-0.2, 0) is 14.3 Å². The van der Waals surface area contributed by atoms with E-state index in [0.29, 0.717) is 11.3 Å². The Bertz CT molecular complexity index is 830. The standard InChI is InChI=1S/C20H22N2O4/c1-13-5-4-6-17(9-13)22-18(23)12-26-19(24)11-21-20(25)16-8-7-14(2)15(3)10-16/h4-10H,11-12H2,1-3H3,(H,21,25)(H,22,23). The topological polar surface area (TPSA) is 84.5 Å². The van der Waals surface area contributed by atoms with Crippen LogP contribution >= 0.6 is 0 Å². The molecule has 2 N–H and O–H groups in total. The number of rotatable bonds is 6. The van der Waals surface area contributed by atoms with Crippen molar-refractivity contribution >= 4 is 23.5 Å². The average molecular weight is 354 g/mol. The van der Waals surface area contributed by atoms with Crippen molar-refractivity contribution in [1.29, 1.82) is 0 Å². The Kier molecular flexibility index (Phi) is 6.49. The van der Waals surface area contributed by atoms with Gasteiger partial charge in [-0.15, -0.1) is 0 Å². The van der Waals surface area contributed by atoms with Crippen molar-refractivity contribution in [3.63, 3.8) is 0 Å². The molecule has 26 heavy (non-hydrogen) atoms. The van der Waals surface area contributed by atoms with Gasteiger partial charge in [0.05, 0.1) is 0 Å². The molecular weight excluding hydrogens is 332 g/mol. The first-order valence-electron chi connectivity index (χ1n) is 8.23. The number of hydrogen-bond donors (Lipinski definition) is 2. The van der Waals surface area contributed by atoms with Gasteiger partial charge in [-0.2, -0.15) is 0 Å². The van der Waals surface area contributed by atoms with Crippen molar-refractivity contribution in [2.75, 3.05) is 18.5 Å². The highest BCUT2D eigenvalue weighted by Gasteiger charge is 2.11. The molecule has 6 heteroatoms. The summed E-state index contributed by atoms with van der Waals surface area (Å²) < 4.78 is 4.87. The Morgan fingerprint density at radius 1 is 0.962 bits per heavy atom. The van der Waals surface area contributed by atoms with Crippen LogP contribution in [0, 0.1) is 20.8 Å². The van der Waals surface area contributed by atoms with Crippen molar-refractivity contribution < 1.29 is 19.1 Å². The molecule has 6 nitrogen and oxygen atoms in total. The van der Waals surface area contributed by atoms with E-state index < -0.39 is 18.5 Å². The number of anilines is 1. The summed E-state index contributed by atoms with van der Waals surface area (Å²) in [5, 5.41) is 5.12. The number of amides is 2. The number of carbonyl (C=O) groups is 3. The summed E-state index contributed by atoms with van der Waals surface area (Å²) in [4.78, 5) is 35.5. The number of ether oxygens (including phenoxy) is 1. The van der Waals surface area contributed by atoms with Crippen LogP contribution in [0.5, 0.6) is 0 Å². The highest BCUT2D eigenvalue weighted by Crippen LogP contribution is 2.10. The fourth-order valence-corrected chi connectivity index (χ4v) is 2.25. The molecular formula is C20H22N2O4. The van der Waals surface area contributed by atoms with Gasteiger partial charge in [-0.25, -0.2) is 0 Å². The molecule has 0 atom stereocenters. The third-order valence-corrected chi connectivity index (χ3v) is 3.83. The third-order valence-electron chi connectivity index (χ3n) is 3.83. The minimum atomic E-state index is -0.679. The molecule has 2 aromatic rings. The van der Waals surface area contributed by atoms with Gasteiger partial charge in [-0.05, 0) is 61.7 Å². The number of carbonyl (C=O) groups excluding carboxylic acids is 3. The molecule has 0 unspecified atom stereocenters. The summed E-state index contributed by atoms with van der Waals surface area (Å²) in [5.74, 6) is -1.49. The molecule has 0 aliphatic rings. The largest absolute Gasteiger partial charge is 0.454 e. The van der Waals surface area contributed by atoms with Crippen molar-refractivity contribution in [2.24, 2.45) is 0 Å². The first-order valence-corrected chi connectivity index (χ1v) is 8.23. The molecule has 0 bridgehead atoms. The predicted octanol–water partition coefficient (Wildman–Crippen LogP) is 2.52. The first kappa shape index (κ1) is 19.2. The van der Waals surface area contributed by atoms with Gasteiger partial charge >= 0.3 is 5.97 Å². The molecule has 0 saturated carbocycles. The second kappa shape index (κ2) is 8.80. The zero-order valence-electron chi connectivity index (χ0n) is 15.1. The lowest BCUT2D eigenvalue weighted by molar-refractivity contribution is -0.146. The van der Waals surface area contributed by atoms with Gasteiger partial charge in [-0.3, -0.25) is 14.4 Å². The summed E-state index contributed by atoms with van der Waals surface area (Å²) >= 11 is 0. The molecule has 2 aromatic carbocycles. The number of hydrogen-bond acceptors (Lipinski definition) is 4. The molecule has 0 aliphatic heterocycles. The van der Waals surface area contributed by atoms with Gasteiger partial charge in [0.25, 0.3) is 11.8 Å². The number of aryl methyl sites for hydroxylation is 3. The van der Waals surface area contributed by atoms with Crippen LogP contribution in [0.25, 0.3) is 0 Å². The Labute approximate surface area is 152 Å². The van der Waals surface area contributed by atoms with Crippen LogP contribution in [0.15, 0.2) is 42.5 Å². The van der Waals surface area contributed by atoms with Crippen LogP contribution in [-0.4, -0.2) is 30.9 Å². The van der Waals surface area contributed by atoms with E-state index in [1.54, 1.807) is 18.2 Å². The molecule has 0 fully saturated rings. The Hall–Kier alpha value is -3.15. The van der Waals surface area contributed by atoms with E-state index in [2.05, 4.69) is 10.6 Å². The minimum absolute atomic E-state index is 0.302. The fraction of sp³-hybridized carbons (Fsp3) is 0.250. The van der Waals surface area contributed by atoms with Gasteiger partial charge in [0.1, 0.15) is 6.54 Å². The van der Waals surface area contributed by atoms with Gasteiger partial charge in [-0.1, -0.05) is 18.2 Å². The second-order valence-corrected chi connectivity index (χ2v) is 6.06. The maximum absolute atomic E-state index is 12.0. The Balaban J connectivity index is 1.75. The third kappa shape index (κ3) is 5.73. The normalized spacial score (nSPS) is 10.1. The van der Waals surface area contributed by atoms with Crippen LogP contribution < -0.4 is 10.6 Å². The van der Waals surface area contributed by atoms with Crippen LogP contribution in [0.1, 0.15) is 27.0 Å². The van der Waals surface area contributed by atoms with Crippen LogP contribution in [0.4, 0.5) is 5.69 Å². The molecule has 2 rings (SSSR count). The van der Waals surface area contributed by atoms with E-state index in [4.69, 9.17) is 4.74 Å². The van der Waals surface area contributed by atoms with E-state index >= 15 is 0 Å². The smallest absolute Gasteiger partial charge is 0.325 e. The number of nitrogens with one attached hydrogen (secondary N) is 2. The summed E-state index contributed by atoms with van der Waals surface area (Å²) in [6.45, 7) is 5.06. The maximum atomic E-state index is 12.0. The fourth-order valence-electron chi connectivity index (χ4n) is 2.25. The van der Waals surface area contributed by atoms with Crippen LogP contribution in [0.3, 0.4) is 0 Å². The highest BCUT2D eigenvalue weighted by atomic mass is 16.5. The lowest BCUT2D eigenvalue weighted by Gasteiger charge is -2.09. The van der Waals surface area contributed by atoms with E-state index in [1.165, 1.54) is 0 Å². The molecule has 0 aromatic heterocycles. The Morgan fingerprint density at radius 2 is 1.73 bits per heavy atom. The average Bonchev–Trinajstić information content (AvgIpc) is 2.60. The van der Waals surface area contributed by atoms with Gasteiger partial charge in [0.15, 0.2) is 6.61 Å². The maximum Gasteiger partial charge on any atom is 0.325 e. The highest BCUT2D eigenvalue weighted by molar-refractivity contribution is 5.96. The van der Waals surface area contributed by atoms with E-state index in [9.17, 15) is 14.4 Å². The molecule has 136 valence electrons. The van der Waals surface area contributed by atoms with E-state index in [0.717, 1.165) is 16.7 Å². The summed E-state index contributed by atoms with van der Waals surface area (Å²) in [6.07, 6.45) is 0. The quantitative estimate of drug-likeness (QED) is 0.781. The summed E-state index contributed by atoms with van der Waals surface area (Å²) in [6, 6.07) is 12.6. The van der Waals surface area contributed by atoms with Crippen molar-refractivity contribution in [3.8, 4) is 0 Å². The van der Waals surface area contributed by atoms with Gasteiger partial charge in [0, 0.05) is 11.3 Å². The molecule has 0 spiro atoms. The Morgan fingerprint density at radius 3 is 2.42 bits per heavy atom. The zero-order chi connectivity index (χ0) is 19.1. The lowest BCUT2D eigenvalue weighted by Crippen LogP contribution is -2.32. The summed E-state index contributed by atoms with van der Waals surface area (Å²) in [7, 11) is 0. The van der Waals surface area contributed by atoms with Crippen LogP contribution in [0.2, 0.25) is 0 Å². The molecule has 0 aliphatic carbocycles. The van der Waals surface area contributed by atoms with Gasteiger partial charge in [0.2, 0.25) is 0 Å². The summed E-state index contributed by atoms with van der Waals surface area (Å²) in [5.41, 5.74) is 4.19. The zero-order valence-corrected chi connectivity index (χ0v) is 15.1. The van der Waals surface area contributed by atoms with Crippen molar-refractivity contribution in [2.45, 2.75) is 20.8 Å². The van der Waals surface area contributed by atoms with Gasteiger partial charge < -0.3 is 15.4 Å². The number of esters is 1. The molecule has 0 radical (unpaired) electrons. The molecule has 0 heterocycles. The number of benzene rings is 2. The molecule has 0 saturated heterocycles. The first-order chi connectivity index (χ1) is 12.3. The second-order valence-electron chi connectivity index (χ2n) is 6.06. The molecule has 2 amide bonds. The predicted molar refractivity (Wildman–Crippen MR) is 99.0 cm³/mol. The lowest BCUT2D eigenvalue weighted by atomic mass is 10.1. The SMILES string of the molecule is Cc1cccc(NC(=O)COC(=O)CNC(=O)c2ccc(C)c(C)c2)c1. The monoisotopic (exact) mass is 354 g/mol. The van der Waals surface area contributed by atoms with E-state index in [-0.39, 0.29) is 12.5 Å². The van der Waals surface area contributed by atoms with Crippen molar-refractivity contribution in [1.82, 2.24) is 5.32 Å².